The van der Waals surface area contributed by atoms with Gasteiger partial charge in [0.1, 0.15) is 0 Å². The van der Waals surface area contributed by atoms with E-state index in [9.17, 15) is 0 Å². The molecular weight excluding hydrogens is 108 g/mol. The van der Waals surface area contributed by atoms with E-state index in [-0.39, 0.29) is 5.37 Å². The SMILES string of the molecule is CN=CNC(C)S. The summed E-state index contributed by atoms with van der Waals surface area (Å²) in [6, 6.07) is 0. The van der Waals surface area contributed by atoms with Crippen molar-refractivity contribution < 1.29 is 0 Å². The average Bonchev–Trinajstić information content (AvgIpc) is 1.61. The van der Waals surface area contributed by atoms with E-state index in [0.29, 0.717) is 0 Å². The van der Waals surface area contributed by atoms with E-state index in [1.165, 1.54) is 0 Å². The van der Waals surface area contributed by atoms with Crippen LogP contribution in [0, 0.1) is 0 Å². The summed E-state index contributed by atoms with van der Waals surface area (Å²) in [5.41, 5.74) is 0. The molecule has 0 fully saturated rings. The lowest BCUT2D eigenvalue weighted by Crippen LogP contribution is -2.17. The second-order valence-corrected chi connectivity index (χ2v) is 2.00. The fourth-order valence-electron chi connectivity index (χ4n) is 0.182. The highest BCUT2D eigenvalue weighted by Crippen LogP contribution is 1.80. The van der Waals surface area contributed by atoms with Crippen LogP contribution in [0.1, 0.15) is 6.92 Å². The van der Waals surface area contributed by atoms with Crippen LogP contribution in [0.4, 0.5) is 0 Å². The summed E-state index contributed by atoms with van der Waals surface area (Å²) in [6.45, 7) is 1.94. The van der Waals surface area contributed by atoms with Crippen LogP contribution in [0.2, 0.25) is 0 Å². The van der Waals surface area contributed by atoms with E-state index in [4.69, 9.17) is 0 Å². The Labute approximate surface area is 49.4 Å². The zero-order valence-electron chi connectivity index (χ0n) is 4.55. The largest absolute Gasteiger partial charge is 0.365 e. The van der Waals surface area contributed by atoms with Gasteiger partial charge in [-0.2, -0.15) is 12.6 Å². The van der Waals surface area contributed by atoms with E-state index in [2.05, 4.69) is 22.9 Å². The standard InChI is InChI=1S/C4H10N2S/c1-4(7)6-3-5-2/h3-4,7H,1-2H3,(H,5,6). The number of hydrogen-bond donors (Lipinski definition) is 2. The third-order valence-electron chi connectivity index (χ3n) is 0.445. The molecule has 0 aliphatic heterocycles. The molecule has 0 saturated carbocycles. The molecule has 7 heavy (non-hydrogen) atoms. The van der Waals surface area contributed by atoms with Gasteiger partial charge in [0.05, 0.1) is 11.7 Å². The minimum Gasteiger partial charge on any atom is -0.365 e. The fourth-order valence-corrected chi connectivity index (χ4v) is 0.249. The molecule has 0 spiro atoms. The Balaban J connectivity index is 2.97. The minimum absolute atomic E-state index is 0.198. The van der Waals surface area contributed by atoms with E-state index in [0.717, 1.165) is 0 Å². The van der Waals surface area contributed by atoms with Crippen molar-refractivity contribution in [1.82, 2.24) is 5.32 Å². The normalized spacial score (nSPS) is 14.7. The number of aliphatic imine (C=N–C) groups is 1. The van der Waals surface area contributed by atoms with Gasteiger partial charge in [0, 0.05) is 7.05 Å². The van der Waals surface area contributed by atoms with Crippen LogP contribution in [0.25, 0.3) is 0 Å². The molecule has 0 aliphatic rings. The Morgan fingerprint density at radius 3 is 2.57 bits per heavy atom. The first-order chi connectivity index (χ1) is 3.27. The Morgan fingerprint density at radius 1 is 1.86 bits per heavy atom. The number of nitrogens with one attached hydrogen (secondary N) is 1. The van der Waals surface area contributed by atoms with Crippen molar-refractivity contribution in [2.24, 2.45) is 4.99 Å². The third kappa shape index (κ3) is 5.82. The molecular formula is C4H10N2S. The maximum absolute atomic E-state index is 4.03. The Hall–Kier alpha value is -0.180. The predicted octanol–water partition coefficient (Wildman–Crippen LogP) is 0.510. The summed E-state index contributed by atoms with van der Waals surface area (Å²) in [7, 11) is 1.71. The molecule has 0 aromatic heterocycles. The summed E-state index contributed by atoms with van der Waals surface area (Å²) in [5.74, 6) is 0. The summed E-state index contributed by atoms with van der Waals surface area (Å²) in [4.78, 5) is 3.69. The van der Waals surface area contributed by atoms with Crippen LogP contribution >= 0.6 is 12.6 Å². The van der Waals surface area contributed by atoms with Crippen LogP contribution in [0.5, 0.6) is 0 Å². The lowest BCUT2D eigenvalue weighted by molar-refractivity contribution is 0.921. The first kappa shape index (κ1) is 6.82. The highest BCUT2D eigenvalue weighted by atomic mass is 32.1. The quantitative estimate of drug-likeness (QED) is 0.235. The van der Waals surface area contributed by atoms with E-state index in [1.54, 1.807) is 13.4 Å². The average molecular weight is 118 g/mol. The lowest BCUT2D eigenvalue weighted by atomic mass is 10.7. The second kappa shape index (κ2) is 3.99. The van der Waals surface area contributed by atoms with Crippen molar-refractivity contribution in [3.05, 3.63) is 0 Å². The second-order valence-electron chi connectivity index (χ2n) is 1.23. The highest BCUT2D eigenvalue weighted by molar-refractivity contribution is 7.80. The van der Waals surface area contributed by atoms with Crippen molar-refractivity contribution >= 4 is 19.0 Å². The Bertz CT molecular complexity index is 60.7. The van der Waals surface area contributed by atoms with Gasteiger partial charge in [0.25, 0.3) is 0 Å². The molecule has 0 bridgehead atoms. The van der Waals surface area contributed by atoms with Gasteiger partial charge < -0.3 is 5.32 Å². The first-order valence-corrected chi connectivity index (χ1v) is 2.63. The lowest BCUT2D eigenvalue weighted by Gasteiger charge is -1.98. The minimum atomic E-state index is 0.198. The first-order valence-electron chi connectivity index (χ1n) is 2.12. The molecule has 0 aromatic carbocycles. The number of rotatable bonds is 2. The predicted molar refractivity (Wildman–Crippen MR) is 36.0 cm³/mol. The van der Waals surface area contributed by atoms with Gasteiger partial charge in [-0.15, -0.1) is 0 Å². The van der Waals surface area contributed by atoms with Crippen LogP contribution in [-0.4, -0.2) is 18.8 Å². The molecule has 1 unspecified atom stereocenters. The maximum atomic E-state index is 4.03. The van der Waals surface area contributed by atoms with Crippen molar-refractivity contribution in [3.8, 4) is 0 Å². The van der Waals surface area contributed by atoms with Crippen LogP contribution in [0.3, 0.4) is 0 Å². The van der Waals surface area contributed by atoms with Crippen molar-refractivity contribution in [2.75, 3.05) is 7.05 Å². The molecule has 0 aliphatic carbocycles. The van der Waals surface area contributed by atoms with Crippen LogP contribution in [-0.2, 0) is 0 Å². The molecule has 0 heterocycles. The fraction of sp³-hybridized carbons (Fsp3) is 0.750. The van der Waals surface area contributed by atoms with Gasteiger partial charge in [-0.1, -0.05) is 0 Å². The Kier molecular flexibility index (Phi) is 3.89. The van der Waals surface area contributed by atoms with E-state index < -0.39 is 0 Å². The zero-order chi connectivity index (χ0) is 5.70. The van der Waals surface area contributed by atoms with Gasteiger partial charge in [0.2, 0.25) is 0 Å². The molecule has 0 aromatic rings. The smallest absolute Gasteiger partial charge is 0.0828 e. The van der Waals surface area contributed by atoms with Crippen molar-refractivity contribution in [3.63, 3.8) is 0 Å². The van der Waals surface area contributed by atoms with Gasteiger partial charge in [-0.25, -0.2) is 0 Å². The summed E-state index contributed by atoms with van der Waals surface area (Å²) >= 11 is 4.03. The molecule has 42 valence electrons. The number of nitrogens with zero attached hydrogens (tertiary/aromatic N) is 1. The van der Waals surface area contributed by atoms with Gasteiger partial charge >= 0.3 is 0 Å². The number of hydrogen-bond acceptors (Lipinski definition) is 2. The third-order valence-corrected chi connectivity index (χ3v) is 0.594. The molecule has 0 saturated heterocycles. The van der Waals surface area contributed by atoms with Gasteiger partial charge in [0.15, 0.2) is 0 Å². The van der Waals surface area contributed by atoms with E-state index in [1.807, 2.05) is 6.92 Å². The molecule has 0 rings (SSSR count). The zero-order valence-corrected chi connectivity index (χ0v) is 5.44. The van der Waals surface area contributed by atoms with Crippen molar-refractivity contribution in [2.45, 2.75) is 12.3 Å². The van der Waals surface area contributed by atoms with Gasteiger partial charge in [-0.3, -0.25) is 4.99 Å². The molecule has 1 atom stereocenters. The van der Waals surface area contributed by atoms with Crippen LogP contribution in [0.15, 0.2) is 4.99 Å². The molecule has 0 amide bonds. The maximum Gasteiger partial charge on any atom is 0.0828 e. The summed E-state index contributed by atoms with van der Waals surface area (Å²) in [5, 5.41) is 3.07. The number of thiol groups is 1. The molecule has 2 nitrogen and oxygen atoms in total. The Morgan fingerprint density at radius 2 is 2.43 bits per heavy atom. The summed E-state index contributed by atoms with van der Waals surface area (Å²) < 4.78 is 0. The highest BCUT2D eigenvalue weighted by Gasteiger charge is 1.81. The summed E-state index contributed by atoms with van der Waals surface area (Å²) in [6.07, 6.45) is 1.62. The molecule has 0 radical (unpaired) electrons. The van der Waals surface area contributed by atoms with Crippen molar-refractivity contribution in [1.29, 1.82) is 0 Å². The van der Waals surface area contributed by atoms with E-state index >= 15 is 0 Å². The monoisotopic (exact) mass is 118 g/mol. The van der Waals surface area contributed by atoms with Crippen LogP contribution < -0.4 is 5.32 Å². The van der Waals surface area contributed by atoms with Gasteiger partial charge in [-0.05, 0) is 6.92 Å². The molecule has 1 N–H and O–H groups in total. The topological polar surface area (TPSA) is 24.4 Å². The molecule has 3 heteroatoms.